The van der Waals surface area contributed by atoms with Gasteiger partial charge in [-0.25, -0.2) is 0 Å². The highest BCUT2D eigenvalue weighted by Gasteiger charge is 2.10. The highest BCUT2D eigenvalue weighted by Crippen LogP contribution is 2.24. The summed E-state index contributed by atoms with van der Waals surface area (Å²) in [6.07, 6.45) is 1.59. The van der Waals surface area contributed by atoms with E-state index in [0.717, 1.165) is 12.0 Å². The van der Waals surface area contributed by atoms with Gasteiger partial charge in [0.15, 0.2) is 0 Å². The van der Waals surface area contributed by atoms with Crippen LogP contribution in [-0.2, 0) is 0 Å². The van der Waals surface area contributed by atoms with Gasteiger partial charge in [-0.2, -0.15) is 0 Å². The predicted octanol–water partition coefficient (Wildman–Crippen LogP) is 3.33. The van der Waals surface area contributed by atoms with Crippen LogP contribution in [0.4, 0.5) is 0 Å². The van der Waals surface area contributed by atoms with Crippen molar-refractivity contribution in [1.82, 2.24) is 0 Å². The zero-order valence-corrected chi connectivity index (χ0v) is 9.58. The SMILES string of the molecule is CCC/C(=N/O)c1cc(Cl)ccc1OC. The summed E-state index contributed by atoms with van der Waals surface area (Å²) in [5, 5.41) is 12.8. The zero-order chi connectivity index (χ0) is 11.3. The second-order valence-corrected chi connectivity index (χ2v) is 3.58. The number of halogens is 1. The molecule has 4 heteroatoms. The van der Waals surface area contributed by atoms with E-state index in [0.29, 0.717) is 22.9 Å². The number of oxime groups is 1. The standard InChI is InChI=1S/C11H14ClNO2/c1-3-4-10(13-14)9-7-8(12)5-6-11(9)15-2/h5-7,14H,3-4H2,1-2H3/b13-10-. The third kappa shape index (κ3) is 2.86. The molecule has 0 bridgehead atoms. The Hall–Kier alpha value is -1.22. The molecule has 0 saturated heterocycles. The summed E-state index contributed by atoms with van der Waals surface area (Å²) in [5.74, 6) is 0.667. The lowest BCUT2D eigenvalue weighted by Gasteiger charge is -2.09. The fraction of sp³-hybridized carbons (Fsp3) is 0.364. The van der Waals surface area contributed by atoms with Crippen LogP contribution in [0.5, 0.6) is 5.75 Å². The second kappa shape index (κ2) is 5.61. The number of nitrogens with zero attached hydrogens (tertiary/aromatic N) is 1. The van der Waals surface area contributed by atoms with Crippen molar-refractivity contribution >= 4 is 17.3 Å². The molecule has 1 rings (SSSR count). The molecule has 3 nitrogen and oxygen atoms in total. The molecule has 82 valence electrons. The number of ether oxygens (including phenoxy) is 1. The maximum absolute atomic E-state index is 8.91. The molecule has 0 saturated carbocycles. The lowest BCUT2D eigenvalue weighted by Crippen LogP contribution is -2.03. The van der Waals surface area contributed by atoms with E-state index in [4.69, 9.17) is 21.5 Å². The van der Waals surface area contributed by atoms with Crippen LogP contribution < -0.4 is 4.74 Å². The summed E-state index contributed by atoms with van der Waals surface area (Å²) in [7, 11) is 1.58. The topological polar surface area (TPSA) is 41.8 Å². The first kappa shape index (κ1) is 11.9. The molecule has 1 aromatic carbocycles. The second-order valence-electron chi connectivity index (χ2n) is 3.14. The van der Waals surface area contributed by atoms with Crippen LogP contribution in [0, 0.1) is 0 Å². The fourth-order valence-electron chi connectivity index (χ4n) is 1.38. The van der Waals surface area contributed by atoms with Crippen LogP contribution in [0.1, 0.15) is 25.3 Å². The van der Waals surface area contributed by atoms with Crippen molar-refractivity contribution < 1.29 is 9.94 Å². The molecule has 0 aliphatic heterocycles. The molecule has 0 unspecified atom stereocenters. The summed E-state index contributed by atoms with van der Waals surface area (Å²) in [6.45, 7) is 2.02. The molecule has 0 aromatic heterocycles. The minimum atomic E-state index is 0.594. The van der Waals surface area contributed by atoms with Crippen molar-refractivity contribution in [3.63, 3.8) is 0 Å². The lowest BCUT2D eigenvalue weighted by atomic mass is 10.1. The van der Waals surface area contributed by atoms with Crippen molar-refractivity contribution in [2.75, 3.05) is 7.11 Å². The average Bonchev–Trinajstić information content (AvgIpc) is 2.26. The van der Waals surface area contributed by atoms with Gasteiger partial charge in [0, 0.05) is 10.6 Å². The summed E-state index contributed by atoms with van der Waals surface area (Å²) >= 11 is 5.88. The number of hydrogen-bond acceptors (Lipinski definition) is 3. The molecule has 1 N–H and O–H groups in total. The van der Waals surface area contributed by atoms with Crippen LogP contribution in [-0.4, -0.2) is 18.0 Å². The minimum Gasteiger partial charge on any atom is -0.496 e. The first-order valence-electron chi connectivity index (χ1n) is 4.77. The molecule has 0 aliphatic rings. The van der Waals surface area contributed by atoms with Crippen molar-refractivity contribution in [1.29, 1.82) is 0 Å². The molecule has 0 radical (unpaired) electrons. The molecule has 0 spiro atoms. The van der Waals surface area contributed by atoms with E-state index < -0.39 is 0 Å². The maximum Gasteiger partial charge on any atom is 0.128 e. The highest BCUT2D eigenvalue weighted by atomic mass is 35.5. The largest absolute Gasteiger partial charge is 0.496 e. The fourth-order valence-corrected chi connectivity index (χ4v) is 1.55. The Morgan fingerprint density at radius 2 is 2.27 bits per heavy atom. The summed E-state index contributed by atoms with van der Waals surface area (Å²) < 4.78 is 5.18. The number of benzene rings is 1. The van der Waals surface area contributed by atoms with Crippen molar-refractivity contribution in [2.24, 2.45) is 5.16 Å². The van der Waals surface area contributed by atoms with E-state index in [-0.39, 0.29) is 0 Å². The summed E-state index contributed by atoms with van der Waals surface area (Å²) in [5.41, 5.74) is 1.34. The summed E-state index contributed by atoms with van der Waals surface area (Å²) in [6, 6.07) is 5.24. The Kier molecular flexibility index (Phi) is 4.43. The molecule has 0 atom stereocenters. The Balaban J connectivity index is 3.14. The van der Waals surface area contributed by atoms with Gasteiger partial charge in [0.2, 0.25) is 0 Å². The number of methoxy groups -OCH3 is 1. The normalized spacial score (nSPS) is 11.5. The number of rotatable bonds is 4. The first-order chi connectivity index (χ1) is 7.22. The van der Waals surface area contributed by atoms with Gasteiger partial charge in [0.25, 0.3) is 0 Å². The maximum atomic E-state index is 8.91. The minimum absolute atomic E-state index is 0.594. The molecule has 1 aromatic rings. The number of hydrogen-bond donors (Lipinski definition) is 1. The van der Waals surface area contributed by atoms with E-state index in [1.165, 1.54) is 0 Å². The van der Waals surface area contributed by atoms with Gasteiger partial charge < -0.3 is 9.94 Å². The van der Waals surface area contributed by atoms with Crippen molar-refractivity contribution in [2.45, 2.75) is 19.8 Å². The molecule has 0 amide bonds. The zero-order valence-electron chi connectivity index (χ0n) is 8.83. The molecule has 0 fully saturated rings. The van der Waals surface area contributed by atoms with Crippen LogP contribution in [0.3, 0.4) is 0 Å². The summed E-state index contributed by atoms with van der Waals surface area (Å²) in [4.78, 5) is 0. The Morgan fingerprint density at radius 1 is 1.53 bits per heavy atom. The van der Waals surface area contributed by atoms with E-state index in [1.807, 2.05) is 6.92 Å². The Morgan fingerprint density at radius 3 is 2.80 bits per heavy atom. The van der Waals surface area contributed by atoms with Crippen molar-refractivity contribution in [3.8, 4) is 5.75 Å². The Labute approximate surface area is 94.3 Å². The van der Waals surface area contributed by atoms with Gasteiger partial charge in [-0.15, -0.1) is 0 Å². The van der Waals surface area contributed by atoms with Crippen LogP contribution in [0.25, 0.3) is 0 Å². The van der Waals surface area contributed by atoms with E-state index in [2.05, 4.69) is 5.16 Å². The van der Waals surface area contributed by atoms with Crippen LogP contribution >= 0.6 is 11.6 Å². The van der Waals surface area contributed by atoms with Gasteiger partial charge in [0.05, 0.1) is 12.8 Å². The van der Waals surface area contributed by atoms with E-state index in [9.17, 15) is 0 Å². The first-order valence-corrected chi connectivity index (χ1v) is 5.15. The van der Waals surface area contributed by atoms with Crippen molar-refractivity contribution in [3.05, 3.63) is 28.8 Å². The van der Waals surface area contributed by atoms with Gasteiger partial charge in [-0.3, -0.25) is 0 Å². The van der Waals surface area contributed by atoms with Gasteiger partial charge >= 0.3 is 0 Å². The Bertz CT molecular complexity index is 364. The average molecular weight is 228 g/mol. The predicted molar refractivity (Wildman–Crippen MR) is 61.2 cm³/mol. The van der Waals surface area contributed by atoms with E-state index >= 15 is 0 Å². The van der Waals surface area contributed by atoms with E-state index in [1.54, 1.807) is 25.3 Å². The molecule has 15 heavy (non-hydrogen) atoms. The van der Waals surface area contributed by atoms with Crippen LogP contribution in [0.15, 0.2) is 23.4 Å². The van der Waals surface area contributed by atoms with Gasteiger partial charge in [0.1, 0.15) is 5.75 Å². The van der Waals surface area contributed by atoms with Crippen LogP contribution in [0.2, 0.25) is 5.02 Å². The molecule has 0 heterocycles. The smallest absolute Gasteiger partial charge is 0.128 e. The highest BCUT2D eigenvalue weighted by molar-refractivity contribution is 6.31. The third-order valence-electron chi connectivity index (χ3n) is 2.08. The van der Waals surface area contributed by atoms with Gasteiger partial charge in [-0.05, 0) is 24.6 Å². The molecule has 0 aliphatic carbocycles. The monoisotopic (exact) mass is 227 g/mol. The molecular formula is C11H14ClNO2. The quantitative estimate of drug-likeness (QED) is 0.487. The van der Waals surface area contributed by atoms with Gasteiger partial charge in [-0.1, -0.05) is 30.1 Å². The lowest BCUT2D eigenvalue weighted by molar-refractivity contribution is 0.317. The molecular weight excluding hydrogens is 214 g/mol. The third-order valence-corrected chi connectivity index (χ3v) is 2.32.